The highest BCUT2D eigenvalue weighted by Crippen LogP contribution is 2.34. The van der Waals surface area contributed by atoms with Crippen molar-refractivity contribution in [2.24, 2.45) is 11.1 Å². The summed E-state index contributed by atoms with van der Waals surface area (Å²) in [5, 5.41) is 8.29. The second kappa shape index (κ2) is 9.49. The number of ether oxygens (including phenoxy) is 1. The standard InChI is InChI=1S/C23H33N3O4S2/c1-15(2)12-17-6-7-18(13-20(17)32(24,28)29)21-25-19(14-31-21)16-8-10-26(11-9-16)22(27)30-23(3,4)5/h6-7,13-16H,8-12H2,1-5H3,(H2,24,28,29). The smallest absolute Gasteiger partial charge is 0.410 e. The van der Waals surface area contributed by atoms with Gasteiger partial charge in [0.15, 0.2) is 0 Å². The SMILES string of the molecule is CC(C)Cc1ccc(-c2nc(C3CCN(C(=O)OC(C)(C)C)CC3)cs2)cc1S(N)(=O)=O. The molecule has 0 saturated carbocycles. The summed E-state index contributed by atoms with van der Waals surface area (Å²) >= 11 is 1.50. The van der Waals surface area contributed by atoms with Crippen LogP contribution in [0.1, 0.15) is 64.6 Å². The first-order valence-electron chi connectivity index (χ1n) is 10.9. The van der Waals surface area contributed by atoms with Crippen LogP contribution in [0, 0.1) is 5.92 Å². The van der Waals surface area contributed by atoms with Crippen molar-refractivity contribution in [2.45, 2.75) is 70.3 Å². The quantitative estimate of drug-likeness (QED) is 0.665. The Hall–Kier alpha value is -1.97. The summed E-state index contributed by atoms with van der Waals surface area (Å²) in [6.45, 7) is 10.9. The molecule has 176 valence electrons. The third kappa shape index (κ3) is 6.30. The van der Waals surface area contributed by atoms with Crippen molar-refractivity contribution in [3.05, 3.63) is 34.8 Å². The average molecular weight is 480 g/mol. The molecule has 0 aliphatic carbocycles. The van der Waals surface area contributed by atoms with E-state index < -0.39 is 15.6 Å². The lowest BCUT2D eigenvalue weighted by atomic mass is 9.94. The van der Waals surface area contributed by atoms with Gasteiger partial charge in [-0.3, -0.25) is 0 Å². The zero-order valence-electron chi connectivity index (χ0n) is 19.4. The van der Waals surface area contributed by atoms with Crippen LogP contribution in [0.5, 0.6) is 0 Å². The van der Waals surface area contributed by atoms with Crippen molar-refractivity contribution < 1.29 is 17.9 Å². The van der Waals surface area contributed by atoms with Gasteiger partial charge in [0.2, 0.25) is 10.0 Å². The minimum Gasteiger partial charge on any atom is -0.444 e. The number of primary sulfonamides is 1. The molecule has 1 aromatic carbocycles. The number of carbonyl (C=O) groups is 1. The van der Waals surface area contributed by atoms with Gasteiger partial charge in [0, 0.05) is 30.0 Å². The van der Waals surface area contributed by atoms with Gasteiger partial charge in [-0.25, -0.2) is 23.3 Å². The summed E-state index contributed by atoms with van der Waals surface area (Å²) in [4.78, 5) is 19.0. The number of likely N-dealkylation sites (tertiary alicyclic amines) is 1. The topological polar surface area (TPSA) is 103 Å². The molecular formula is C23H33N3O4S2. The van der Waals surface area contributed by atoms with Gasteiger partial charge in [-0.15, -0.1) is 11.3 Å². The lowest BCUT2D eigenvalue weighted by Gasteiger charge is -2.32. The molecule has 1 amide bonds. The minimum atomic E-state index is -3.82. The molecule has 0 radical (unpaired) electrons. The Morgan fingerprint density at radius 2 is 1.94 bits per heavy atom. The maximum atomic E-state index is 12.3. The number of aromatic nitrogens is 1. The predicted octanol–water partition coefficient (Wildman–Crippen LogP) is 4.77. The molecule has 2 heterocycles. The third-order valence-corrected chi connectivity index (χ3v) is 7.24. The monoisotopic (exact) mass is 479 g/mol. The van der Waals surface area contributed by atoms with E-state index in [1.807, 2.05) is 52.1 Å². The van der Waals surface area contributed by atoms with Gasteiger partial charge in [0.1, 0.15) is 10.6 Å². The van der Waals surface area contributed by atoms with E-state index in [9.17, 15) is 13.2 Å². The van der Waals surface area contributed by atoms with Crippen molar-refractivity contribution in [1.29, 1.82) is 0 Å². The first-order valence-corrected chi connectivity index (χ1v) is 13.4. The van der Waals surface area contributed by atoms with Crippen LogP contribution in [0.3, 0.4) is 0 Å². The fourth-order valence-electron chi connectivity index (χ4n) is 3.85. The number of hydrogen-bond donors (Lipinski definition) is 1. The van der Waals surface area contributed by atoms with Crippen LogP contribution in [-0.4, -0.2) is 43.1 Å². The van der Waals surface area contributed by atoms with Gasteiger partial charge in [-0.05, 0) is 57.6 Å². The van der Waals surface area contributed by atoms with Crippen molar-refractivity contribution in [3.63, 3.8) is 0 Å². The highest BCUT2D eigenvalue weighted by molar-refractivity contribution is 7.89. The number of nitrogens with zero attached hydrogens (tertiary/aromatic N) is 2. The van der Waals surface area contributed by atoms with Crippen LogP contribution in [0.4, 0.5) is 4.79 Å². The number of piperidine rings is 1. The normalized spacial score (nSPS) is 15.9. The van der Waals surface area contributed by atoms with Crippen molar-refractivity contribution in [2.75, 3.05) is 13.1 Å². The zero-order valence-corrected chi connectivity index (χ0v) is 21.1. The maximum absolute atomic E-state index is 12.3. The number of amides is 1. The van der Waals surface area contributed by atoms with E-state index in [-0.39, 0.29) is 16.9 Å². The molecule has 1 saturated heterocycles. The van der Waals surface area contributed by atoms with Crippen LogP contribution in [0.2, 0.25) is 0 Å². The van der Waals surface area contributed by atoms with E-state index in [2.05, 4.69) is 0 Å². The molecule has 1 aliphatic rings. The summed E-state index contributed by atoms with van der Waals surface area (Å²) in [5.41, 5.74) is 1.97. The van der Waals surface area contributed by atoms with Crippen molar-refractivity contribution in [1.82, 2.24) is 9.88 Å². The highest BCUT2D eigenvalue weighted by Gasteiger charge is 2.28. The van der Waals surface area contributed by atoms with Gasteiger partial charge in [0.25, 0.3) is 0 Å². The Morgan fingerprint density at radius 3 is 2.50 bits per heavy atom. The Labute approximate surface area is 195 Å². The largest absolute Gasteiger partial charge is 0.444 e. The van der Waals surface area contributed by atoms with Crippen molar-refractivity contribution in [3.8, 4) is 10.6 Å². The van der Waals surface area contributed by atoms with Crippen LogP contribution < -0.4 is 5.14 Å². The van der Waals surface area contributed by atoms with Crippen LogP contribution >= 0.6 is 11.3 Å². The molecule has 32 heavy (non-hydrogen) atoms. The van der Waals surface area contributed by atoms with Crippen LogP contribution in [-0.2, 0) is 21.2 Å². The predicted molar refractivity (Wildman–Crippen MR) is 127 cm³/mol. The fourth-order valence-corrected chi connectivity index (χ4v) is 5.56. The van der Waals surface area contributed by atoms with Crippen LogP contribution in [0.15, 0.2) is 28.5 Å². The number of sulfonamides is 1. The van der Waals surface area contributed by atoms with Gasteiger partial charge in [-0.2, -0.15) is 0 Å². The van der Waals surface area contributed by atoms with Gasteiger partial charge >= 0.3 is 6.09 Å². The van der Waals surface area contributed by atoms with E-state index in [0.29, 0.717) is 25.4 Å². The van der Waals surface area contributed by atoms with Gasteiger partial charge in [0.05, 0.1) is 10.6 Å². The number of benzene rings is 1. The number of thiazole rings is 1. The fraction of sp³-hybridized carbons (Fsp3) is 0.565. The molecule has 1 fully saturated rings. The van der Waals surface area contributed by atoms with Crippen molar-refractivity contribution >= 4 is 27.5 Å². The van der Waals surface area contributed by atoms with E-state index in [4.69, 9.17) is 14.9 Å². The summed E-state index contributed by atoms with van der Waals surface area (Å²) in [6.07, 6.45) is 2.01. The number of carbonyl (C=O) groups excluding carboxylic acids is 1. The Kier molecular flexibility index (Phi) is 7.31. The molecule has 3 rings (SSSR count). The molecule has 9 heteroatoms. The second-order valence-electron chi connectivity index (χ2n) is 9.78. The molecule has 2 N–H and O–H groups in total. The van der Waals surface area contributed by atoms with E-state index in [1.54, 1.807) is 11.0 Å². The highest BCUT2D eigenvalue weighted by atomic mass is 32.2. The Morgan fingerprint density at radius 1 is 1.28 bits per heavy atom. The average Bonchev–Trinajstić information content (AvgIpc) is 3.16. The van der Waals surface area contributed by atoms with Gasteiger partial charge < -0.3 is 9.64 Å². The molecule has 7 nitrogen and oxygen atoms in total. The second-order valence-corrected chi connectivity index (χ2v) is 12.2. The number of nitrogens with two attached hydrogens (primary N) is 1. The molecular weight excluding hydrogens is 446 g/mol. The molecule has 0 spiro atoms. The van der Waals surface area contributed by atoms with Gasteiger partial charge in [-0.1, -0.05) is 26.0 Å². The molecule has 2 aromatic rings. The summed E-state index contributed by atoms with van der Waals surface area (Å²) in [5.74, 6) is 0.580. The lowest BCUT2D eigenvalue weighted by molar-refractivity contribution is 0.0204. The van der Waals surface area contributed by atoms with E-state index in [0.717, 1.165) is 34.7 Å². The first kappa shape index (κ1) is 24.7. The van der Waals surface area contributed by atoms with E-state index in [1.165, 1.54) is 11.3 Å². The zero-order chi connectivity index (χ0) is 23.7. The molecule has 1 aliphatic heterocycles. The molecule has 0 bridgehead atoms. The first-order chi connectivity index (χ1) is 14.8. The summed E-state index contributed by atoms with van der Waals surface area (Å²) < 4.78 is 29.8. The Bertz CT molecular complexity index is 1060. The maximum Gasteiger partial charge on any atom is 0.410 e. The number of hydrogen-bond acceptors (Lipinski definition) is 6. The minimum absolute atomic E-state index is 0.172. The summed E-state index contributed by atoms with van der Waals surface area (Å²) in [7, 11) is -3.82. The summed E-state index contributed by atoms with van der Waals surface area (Å²) in [6, 6.07) is 5.40. The van der Waals surface area contributed by atoms with E-state index >= 15 is 0 Å². The molecule has 1 aromatic heterocycles. The lowest BCUT2D eigenvalue weighted by Crippen LogP contribution is -2.41. The van der Waals surface area contributed by atoms with Crippen LogP contribution in [0.25, 0.3) is 10.6 Å². The number of rotatable bonds is 5. The Balaban J connectivity index is 1.73. The molecule has 0 unspecified atom stereocenters. The third-order valence-electron chi connectivity index (χ3n) is 5.34. The molecule has 0 atom stereocenters.